The van der Waals surface area contributed by atoms with Gasteiger partial charge in [-0.15, -0.1) is 0 Å². The highest BCUT2D eigenvalue weighted by atomic mass is 35.5. The lowest BCUT2D eigenvalue weighted by Crippen LogP contribution is -2.54. The van der Waals surface area contributed by atoms with E-state index in [1.807, 2.05) is 0 Å². The largest absolute Gasteiger partial charge is 0.478 e. The highest BCUT2D eigenvalue weighted by Crippen LogP contribution is 2.38. The molecule has 2 amide bonds. The van der Waals surface area contributed by atoms with Crippen molar-refractivity contribution in [3.63, 3.8) is 0 Å². The molecule has 28 heavy (non-hydrogen) atoms. The summed E-state index contributed by atoms with van der Waals surface area (Å²) in [6.45, 7) is 2.79. The van der Waals surface area contributed by atoms with Crippen molar-refractivity contribution in [1.82, 2.24) is 0 Å². The zero-order valence-electron chi connectivity index (χ0n) is 15.0. The van der Waals surface area contributed by atoms with Crippen LogP contribution in [0.4, 0.5) is 11.4 Å². The van der Waals surface area contributed by atoms with Gasteiger partial charge in [0.1, 0.15) is 12.3 Å². The molecule has 0 saturated heterocycles. The Morgan fingerprint density at radius 3 is 2.57 bits per heavy atom. The molecule has 0 radical (unpaired) electrons. The number of nitrogens with one attached hydrogen (secondary N) is 1. The van der Waals surface area contributed by atoms with Gasteiger partial charge in [0.05, 0.1) is 22.0 Å². The third kappa shape index (κ3) is 3.90. The highest BCUT2D eigenvalue weighted by molar-refractivity contribution is 6.35. The predicted octanol–water partition coefficient (Wildman–Crippen LogP) is 3.83. The monoisotopic (exact) mass is 422 g/mol. The van der Waals surface area contributed by atoms with E-state index in [9.17, 15) is 19.5 Å². The first-order chi connectivity index (χ1) is 13.1. The minimum absolute atomic E-state index is 0.0295. The smallest absolute Gasteiger partial charge is 0.335 e. The van der Waals surface area contributed by atoms with Gasteiger partial charge in [0.25, 0.3) is 5.91 Å². The van der Waals surface area contributed by atoms with Crippen LogP contribution in [0, 0.1) is 0 Å². The number of hydrogen-bond acceptors (Lipinski definition) is 4. The molecule has 2 aromatic rings. The molecule has 0 bridgehead atoms. The highest BCUT2D eigenvalue weighted by Gasteiger charge is 2.41. The molecule has 2 N–H and O–H groups in total. The fourth-order valence-corrected chi connectivity index (χ4v) is 3.12. The van der Waals surface area contributed by atoms with Gasteiger partial charge in [0.2, 0.25) is 5.91 Å². The van der Waals surface area contributed by atoms with Crippen molar-refractivity contribution in [1.29, 1.82) is 0 Å². The number of fused-ring (bicyclic) bond motifs is 1. The number of benzene rings is 2. The number of carboxylic acid groups (broad SMARTS) is 1. The van der Waals surface area contributed by atoms with Crippen molar-refractivity contribution < 1.29 is 24.2 Å². The molecular weight excluding hydrogens is 407 g/mol. The molecule has 0 fully saturated rings. The fraction of sp³-hybridized carbons (Fsp3) is 0.211. The van der Waals surface area contributed by atoms with E-state index in [-0.39, 0.29) is 17.8 Å². The Balaban J connectivity index is 1.92. The minimum Gasteiger partial charge on any atom is -0.478 e. The lowest BCUT2D eigenvalue weighted by molar-refractivity contribution is -0.133. The summed E-state index contributed by atoms with van der Waals surface area (Å²) in [5.74, 6) is -1.85. The zero-order valence-corrected chi connectivity index (χ0v) is 16.5. The van der Waals surface area contributed by atoms with E-state index < -0.39 is 23.4 Å². The Bertz CT molecular complexity index is 990. The average Bonchev–Trinajstić information content (AvgIpc) is 2.61. The number of aromatic carboxylic acids is 1. The van der Waals surface area contributed by atoms with Gasteiger partial charge >= 0.3 is 5.97 Å². The van der Waals surface area contributed by atoms with E-state index in [2.05, 4.69) is 5.32 Å². The molecule has 0 aliphatic carbocycles. The Kier molecular flexibility index (Phi) is 5.23. The molecule has 0 aromatic heterocycles. The summed E-state index contributed by atoms with van der Waals surface area (Å²) in [6, 6.07) is 8.74. The van der Waals surface area contributed by atoms with E-state index in [4.69, 9.17) is 27.9 Å². The summed E-state index contributed by atoms with van der Waals surface area (Å²) in [5.41, 5.74) is -0.737. The van der Waals surface area contributed by atoms with Gasteiger partial charge in [-0.25, -0.2) is 4.79 Å². The molecule has 0 spiro atoms. The topological polar surface area (TPSA) is 95.9 Å². The predicted molar refractivity (Wildman–Crippen MR) is 106 cm³/mol. The van der Waals surface area contributed by atoms with E-state index >= 15 is 0 Å². The van der Waals surface area contributed by atoms with Gasteiger partial charge in [-0.3, -0.25) is 14.5 Å². The Morgan fingerprint density at radius 2 is 1.89 bits per heavy atom. The van der Waals surface area contributed by atoms with Crippen LogP contribution in [0.2, 0.25) is 10.0 Å². The van der Waals surface area contributed by atoms with Gasteiger partial charge in [-0.2, -0.15) is 0 Å². The third-order valence-electron chi connectivity index (χ3n) is 4.13. The van der Waals surface area contributed by atoms with Crippen molar-refractivity contribution in [2.24, 2.45) is 0 Å². The normalized spacial score (nSPS) is 14.9. The molecule has 0 unspecified atom stereocenters. The molecule has 146 valence electrons. The third-order valence-corrected chi connectivity index (χ3v) is 4.69. The zero-order chi connectivity index (χ0) is 20.6. The summed E-state index contributed by atoms with van der Waals surface area (Å²) in [4.78, 5) is 37.9. The molecule has 0 atom stereocenters. The van der Waals surface area contributed by atoms with Crippen LogP contribution >= 0.6 is 23.2 Å². The van der Waals surface area contributed by atoms with Crippen LogP contribution in [0.3, 0.4) is 0 Å². The molecular formula is C19H16Cl2N2O5. The van der Waals surface area contributed by atoms with Crippen molar-refractivity contribution in [3.05, 3.63) is 52.0 Å². The number of rotatable bonds is 4. The lowest BCUT2D eigenvalue weighted by atomic mass is 10.0. The molecule has 1 aliphatic heterocycles. The number of amides is 2. The molecule has 9 heteroatoms. The van der Waals surface area contributed by atoms with Crippen LogP contribution < -0.4 is 15.0 Å². The lowest BCUT2D eigenvalue weighted by Gasteiger charge is -2.38. The van der Waals surface area contributed by atoms with Gasteiger partial charge in [-0.1, -0.05) is 23.2 Å². The number of hydrogen-bond donors (Lipinski definition) is 2. The van der Waals surface area contributed by atoms with Crippen LogP contribution in [-0.4, -0.2) is 35.0 Å². The first-order valence-corrected chi connectivity index (χ1v) is 8.97. The van der Waals surface area contributed by atoms with Crippen molar-refractivity contribution in [3.8, 4) is 5.75 Å². The van der Waals surface area contributed by atoms with Crippen LogP contribution in [0.1, 0.15) is 24.2 Å². The van der Waals surface area contributed by atoms with Crippen molar-refractivity contribution in [2.75, 3.05) is 16.8 Å². The number of anilines is 2. The SMILES string of the molecule is CC1(C)Oc2ccc(C(=O)O)cc2N(CC(=O)Nc2cc(Cl)ccc2Cl)C1=O. The molecule has 2 aromatic carbocycles. The van der Waals surface area contributed by atoms with Gasteiger partial charge < -0.3 is 15.2 Å². The maximum absolute atomic E-state index is 12.8. The fourth-order valence-electron chi connectivity index (χ4n) is 2.78. The molecule has 7 nitrogen and oxygen atoms in total. The van der Waals surface area contributed by atoms with Crippen LogP contribution in [0.25, 0.3) is 0 Å². The standard InChI is InChI=1S/C19H16Cl2N2O5/c1-19(2)18(27)23(14-7-10(17(25)26)3-6-15(14)28-19)9-16(24)22-13-8-11(20)4-5-12(13)21/h3-8H,9H2,1-2H3,(H,22,24)(H,25,26). The molecule has 1 heterocycles. The maximum Gasteiger partial charge on any atom is 0.335 e. The number of carboxylic acids is 1. The Hall–Kier alpha value is -2.77. The first kappa shape index (κ1) is 20.0. The van der Waals surface area contributed by atoms with Crippen LogP contribution in [0.15, 0.2) is 36.4 Å². The Labute approximate surface area is 170 Å². The summed E-state index contributed by atoms with van der Waals surface area (Å²) in [7, 11) is 0. The molecule has 3 rings (SSSR count). The van der Waals surface area contributed by atoms with Crippen molar-refractivity contribution in [2.45, 2.75) is 19.4 Å². The quantitative estimate of drug-likeness (QED) is 0.779. The molecule has 1 aliphatic rings. The number of carbonyl (C=O) groups is 3. The summed E-state index contributed by atoms with van der Waals surface area (Å²) in [6.07, 6.45) is 0. The Morgan fingerprint density at radius 1 is 1.18 bits per heavy atom. The second kappa shape index (κ2) is 7.33. The van der Waals surface area contributed by atoms with Crippen LogP contribution in [0.5, 0.6) is 5.75 Å². The van der Waals surface area contributed by atoms with Gasteiger partial charge in [0, 0.05) is 5.02 Å². The number of carbonyl (C=O) groups excluding carboxylic acids is 2. The van der Waals surface area contributed by atoms with E-state index in [0.29, 0.717) is 21.5 Å². The maximum atomic E-state index is 12.8. The summed E-state index contributed by atoms with van der Waals surface area (Å²) >= 11 is 12.0. The van der Waals surface area contributed by atoms with Gasteiger partial charge in [0.15, 0.2) is 5.60 Å². The van der Waals surface area contributed by atoms with Crippen LogP contribution in [-0.2, 0) is 9.59 Å². The second-order valence-corrected chi connectivity index (χ2v) is 7.51. The number of ether oxygens (including phenoxy) is 1. The minimum atomic E-state index is -1.22. The van der Waals surface area contributed by atoms with E-state index in [0.717, 1.165) is 0 Å². The number of halogens is 2. The molecule has 0 saturated carbocycles. The second-order valence-electron chi connectivity index (χ2n) is 6.66. The van der Waals surface area contributed by atoms with Crippen molar-refractivity contribution >= 4 is 52.4 Å². The average molecular weight is 423 g/mol. The first-order valence-electron chi connectivity index (χ1n) is 8.22. The van der Waals surface area contributed by atoms with Gasteiger partial charge in [-0.05, 0) is 50.2 Å². The van der Waals surface area contributed by atoms with E-state index in [1.54, 1.807) is 19.9 Å². The van der Waals surface area contributed by atoms with E-state index in [1.165, 1.54) is 35.2 Å². The summed E-state index contributed by atoms with van der Waals surface area (Å²) in [5, 5.41) is 12.5. The number of nitrogens with zero attached hydrogens (tertiary/aromatic N) is 1. The summed E-state index contributed by atoms with van der Waals surface area (Å²) < 4.78 is 5.68.